The van der Waals surface area contributed by atoms with Crippen LogP contribution in [0.25, 0.3) is 0 Å². The van der Waals surface area contributed by atoms with Crippen LogP contribution in [0.5, 0.6) is 17.2 Å². The zero-order valence-electron chi connectivity index (χ0n) is 14.7. The number of rotatable bonds is 6. The first-order valence-electron chi connectivity index (χ1n) is 8.38. The molecule has 142 valence electrons. The molecule has 0 atom stereocenters. The molecule has 0 aromatic heterocycles. The number of methoxy groups -OCH3 is 1. The molecule has 2 aromatic carbocycles. The molecule has 2 aromatic rings. The summed E-state index contributed by atoms with van der Waals surface area (Å²) in [7, 11) is 1.50. The highest BCUT2D eigenvalue weighted by Gasteiger charge is 2.20. The summed E-state index contributed by atoms with van der Waals surface area (Å²) in [4.78, 5) is 24.4. The maximum absolute atomic E-state index is 12.4. The largest absolute Gasteiger partial charge is 0.493 e. The smallest absolute Gasteiger partial charge is 0.251 e. The third kappa shape index (κ3) is 4.91. The van der Waals surface area contributed by atoms with Crippen molar-refractivity contribution in [2.75, 3.05) is 32.2 Å². The molecule has 0 unspecified atom stereocenters. The van der Waals surface area contributed by atoms with Gasteiger partial charge in [0.25, 0.3) is 5.91 Å². The summed E-state index contributed by atoms with van der Waals surface area (Å²) in [5.41, 5.74) is 1.08. The zero-order chi connectivity index (χ0) is 19.2. The molecule has 7 nitrogen and oxygen atoms in total. The SMILES string of the molecule is COc1cc(C(=O)NCCC(=O)Nc2ccc(Br)cc2)cc2c1OCCO2. The number of fused-ring (bicyclic) bond motifs is 1. The second-order valence-electron chi connectivity index (χ2n) is 5.76. The topological polar surface area (TPSA) is 85.9 Å². The van der Waals surface area contributed by atoms with Crippen LogP contribution in [0.15, 0.2) is 40.9 Å². The van der Waals surface area contributed by atoms with Crippen molar-refractivity contribution in [1.82, 2.24) is 5.32 Å². The third-order valence-corrected chi connectivity index (χ3v) is 4.38. The molecule has 0 saturated carbocycles. The standard InChI is InChI=1S/C19H19BrN2O5/c1-25-15-10-12(11-16-18(15)27-9-8-26-16)19(24)21-7-6-17(23)22-14-4-2-13(20)3-5-14/h2-5,10-11H,6-9H2,1H3,(H,21,24)(H,22,23). The van der Waals surface area contributed by atoms with Crippen LogP contribution < -0.4 is 24.8 Å². The normalized spacial score (nSPS) is 12.2. The molecule has 0 bridgehead atoms. The number of carbonyl (C=O) groups excluding carboxylic acids is 2. The van der Waals surface area contributed by atoms with E-state index in [2.05, 4.69) is 26.6 Å². The molecular formula is C19H19BrN2O5. The Hall–Kier alpha value is -2.74. The van der Waals surface area contributed by atoms with Gasteiger partial charge in [-0.3, -0.25) is 9.59 Å². The Morgan fingerprint density at radius 1 is 1.15 bits per heavy atom. The van der Waals surface area contributed by atoms with Gasteiger partial charge in [0.2, 0.25) is 11.7 Å². The minimum absolute atomic E-state index is 0.156. The number of carbonyl (C=O) groups is 2. The van der Waals surface area contributed by atoms with Gasteiger partial charge in [-0.1, -0.05) is 15.9 Å². The van der Waals surface area contributed by atoms with Gasteiger partial charge in [-0.25, -0.2) is 0 Å². The van der Waals surface area contributed by atoms with Crippen LogP contribution in [0.4, 0.5) is 5.69 Å². The Balaban J connectivity index is 1.54. The second kappa shape index (κ2) is 8.77. The van der Waals surface area contributed by atoms with Gasteiger partial charge in [0.1, 0.15) is 13.2 Å². The average molecular weight is 435 g/mol. The van der Waals surface area contributed by atoms with Gasteiger partial charge in [0.15, 0.2) is 11.5 Å². The van der Waals surface area contributed by atoms with Crippen LogP contribution in [0.2, 0.25) is 0 Å². The van der Waals surface area contributed by atoms with Gasteiger partial charge in [0.05, 0.1) is 7.11 Å². The molecule has 0 radical (unpaired) electrons. The lowest BCUT2D eigenvalue weighted by Crippen LogP contribution is -2.28. The Kier molecular flexibility index (Phi) is 6.18. The lowest BCUT2D eigenvalue weighted by Gasteiger charge is -2.21. The number of halogens is 1. The predicted molar refractivity (Wildman–Crippen MR) is 104 cm³/mol. The van der Waals surface area contributed by atoms with E-state index >= 15 is 0 Å². The second-order valence-corrected chi connectivity index (χ2v) is 6.68. The Labute approximate surface area is 165 Å². The molecule has 27 heavy (non-hydrogen) atoms. The summed E-state index contributed by atoms with van der Waals surface area (Å²) in [6.45, 7) is 1.05. The zero-order valence-corrected chi connectivity index (χ0v) is 16.3. The number of benzene rings is 2. The number of amides is 2. The van der Waals surface area contributed by atoms with Crippen molar-refractivity contribution in [3.8, 4) is 17.2 Å². The Bertz CT molecular complexity index is 821. The molecular weight excluding hydrogens is 416 g/mol. The van der Waals surface area contributed by atoms with E-state index in [0.29, 0.717) is 41.7 Å². The fraction of sp³-hybridized carbons (Fsp3) is 0.263. The Morgan fingerprint density at radius 2 is 1.89 bits per heavy atom. The third-order valence-electron chi connectivity index (χ3n) is 3.86. The summed E-state index contributed by atoms with van der Waals surface area (Å²) in [6.07, 6.45) is 0.156. The minimum atomic E-state index is -0.318. The average Bonchev–Trinajstić information content (AvgIpc) is 2.68. The summed E-state index contributed by atoms with van der Waals surface area (Å²) in [6, 6.07) is 10.5. The number of hydrogen-bond donors (Lipinski definition) is 2. The maximum Gasteiger partial charge on any atom is 0.251 e. The van der Waals surface area contributed by atoms with E-state index in [1.807, 2.05) is 12.1 Å². The highest BCUT2D eigenvalue weighted by Crippen LogP contribution is 2.40. The van der Waals surface area contributed by atoms with Gasteiger partial charge < -0.3 is 24.8 Å². The summed E-state index contributed by atoms with van der Waals surface area (Å²) >= 11 is 3.34. The van der Waals surface area contributed by atoms with Crippen LogP contribution >= 0.6 is 15.9 Å². The number of ether oxygens (including phenoxy) is 3. The van der Waals surface area contributed by atoms with E-state index in [1.54, 1.807) is 24.3 Å². The van der Waals surface area contributed by atoms with Gasteiger partial charge in [0, 0.05) is 28.7 Å². The van der Waals surface area contributed by atoms with E-state index in [1.165, 1.54) is 7.11 Å². The van der Waals surface area contributed by atoms with Crippen LogP contribution in [0.1, 0.15) is 16.8 Å². The van der Waals surface area contributed by atoms with Crippen molar-refractivity contribution >= 4 is 33.4 Å². The van der Waals surface area contributed by atoms with E-state index < -0.39 is 0 Å². The summed E-state index contributed by atoms with van der Waals surface area (Å²) in [5, 5.41) is 5.50. The van der Waals surface area contributed by atoms with Crippen LogP contribution in [0.3, 0.4) is 0 Å². The van der Waals surface area contributed by atoms with Gasteiger partial charge in [-0.2, -0.15) is 0 Å². The van der Waals surface area contributed by atoms with Gasteiger partial charge in [-0.05, 0) is 36.4 Å². The van der Waals surface area contributed by atoms with Crippen LogP contribution in [-0.4, -0.2) is 38.7 Å². The summed E-state index contributed by atoms with van der Waals surface area (Å²) < 4.78 is 17.2. The lowest BCUT2D eigenvalue weighted by atomic mass is 10.1. The maximum atomic E-state index is 12.4. The van der Waals surface area contributed by atoms with E-state index in [9.17, 15) is 9.59 Å². The molecule has 2 N–H and O–H groups in total. The molecule has 8 heteroatoms. The minimum Gasteiger partial charge on any atom is -0.493 e. The van der Waals surface area contributed by atoms with Crippen molar-refractivity contribution in [2.24, 2.45) is 0 Å². The molecule has 2 amide bonds. The number of anilines is 1. The monoisotopic (exact) mass is 434 g/mol. The number of nitrogens with one attached hydrogen (secondary N) is 2. The van der Waals surface area contributed by atoms with E-state index in [-0.39, 0.29) is 24.8 Å². The highest BCUT2D eigenvalue weighted by atomic mass is 79.9. The molecule has 0 fully saturated rings. The molecule has 0 aliphatic carbocycles. The first kappa shape index (κ1) is 19.0. The Morgan fingerprint density at radius 3 is 2.63 bits per heavy atom. The number of hydrogen-bond acceptors (Lipinski definition) is 5. The quantitative estimate of drug-likeness (QED) is 0.729. The highest BCUT2D eigenvalue weighted by molar-refractivity contribution is 9.10. The van der Waals surface area contributed by atoms with Crippen molar-refractivity contribution in [3.05, 3.63) is 46.4 Å². The molecule has 0 saturated heterocycles. The van der Waals surface area contributed by atoms with Gasteiger partial charge in [-0.15, -0.1) is 0 Å². The lowest BCUT2D eigenvalue weighted by molar-refractivity contribution is -0.116. The van der Waals surface area contributed by atoms with Crippen LogP contribution in [-0.2, 0) is 4.79 Å². The van der Waals surface area contributed by atoms with E-state index in [0.717, 1.165) is 4.47 Å². The van der Waals surface area contributed by atoms with Crippen molar-refractivity contribution < 1.29 is 23.8 Å². The fourth-order valence-corrected chi connectivity index (χ4v) is 2.82. The predicted octanol–water partition coefficient (Wildman–Crippen LogP) is 2.99. The van der Waals surface area contributed by atoms with Crippen LogP contribution in [0, 0.1) is 0 Å². The van der Waals surface area contributed by atoms with Crippen molar-refractivity contribution in [3.63, 3.8) is 0 Å². The molecule has 1 aliphatic heterocycles. The van der Waals surface area contributed by atoms with Gasteiger partial charge >= 0.3 is 0 Å². The molecule has 0 spiro atoms. The van der Waals surface area contributed by atoms with Crippen molar-refractivity contribution in [1.29, 1.82) is 0 Å². The molecule has 1 heterocycles. The molecule has 1 aliphatic rings. The first-order chi connectivity index (χ1) is 13.1. The molecule has 3 rings (SSSR count). The summed E-state index contributed by atoms with van der Waals surface area (Å²) in [5.74, 6) is 0.900. The van der Waals surface area contributed by atoms with Crippen molar-refractivity contribution in [2.45, 2.75) is 6.42 Å². The first-order valence-corrected chi connectivity index (χ1v) is 9.17. The van der Waals surface area contributed by atoms with E-state index in [4.69, 9.17) is 14.2 Å². The fourth-order valence-electron chi connectivity index (χ4n) is 2.55.